The molecule has 16 bridgehead atoms. The van der Waals surface area contributed by atoms with Crippen LogP contribution >= 0.6 is 0 Å². The van der Waals surface area contributed by atoms with E-state index in [0.29, 0.717) is 26.4 Å². The van der Waals surface area contributed by atoms with Crippen molar-refractivity contribution >= 4 is 0 Å². The summed E-state index contributed by atoms with van der Waals surface area (Å²) in [6.07, 6.45) is 0. The number of rotatable bonds is 2. The number of methoxy groups -OCH3 is 2. The van der Waals surface area contributed by atoms with Crippen LogP contribution in [0.1, 0.15) is 165 Å². The van der Waals surface area contributed by atoms with Gasteiger partial charge < -0.3 is 28.4 Å². The van der Waals surface area contributed by atoms with Crippen molar-refractivity contribution in [3.63, 3.8) is 0 Å². The van der Waals surface area contributed by atoms with Crippen molar-refractivity contribution in [2.24, 2.45) is 0 Å². The summed E-state index contributed by atoms with van der Waals surface area (Å²) in [6.45, 7) is 14.9. The third-order valence-electron chi connectivity index (χ3n) is 16.2. The first-order valence-electron chi connectivity index (χ1n) is 25.5. The van der Waals surface area contributed by atoms with Crippen LogP contribution in [-0.4, -0.2) is 14.2 Å². The lowest BCUT2D eigenvalue weighted by Crippen LogP contribution is -2.27. The lowest BCUT2D eigenvalue weighted by molar-refractivity contribution is 0.281. The van der Waals surface area contributed by atoms with Gasteiger partial charge >= 0.3 is 0 Å². The van der Waals surface area contributed by atoms with Crippen LogP contribution < -0.4 is 28.4 Å². The van der Waals surface area contributed by atoms with Crippen molar-refractivity contribution in [3.8, 4) is 34.5 Å². The molecule has 0 N–H and O–H groups in total. The first-order valence-corrected chi connectivity index (χ1v) is 25.5. The highest BCUT2D eigenvalue weighted by Gasteiger charge is 2.43. The zero-order chi connectivity index (χ0) is 49.2. The Balaban J connectivity index is 0.942. The van der Waals surface area contributed by atoms with Crippen LogP contribution in [0.5, 0.6) is 34.5 Å². The van der Waals surface area contributed by atoms with E-state index in [-0.39, 0.29) is 34.5 Å². The van der Waals surface area contributed by atoms with Gasteiger partial charge in [-0.05, 0) is 162 Å². The fraction of sp³-hybridized carbons (Fsp3) is 0.273. The lowest BCUT2D eigenvalue weighted by atomic mass is 9.61. The van der Waals surface area contributed by atoms with Crippen LogP contribution in [0.15, 0.2) is 146 Å². The van der Waals surface area contributed by atoms with E-state index in [4.69, 9.17) is 28.4 Å². The Kier molecular flexibility index (Phi) is 10.2. The number of hydrogen-bond acceptors (Lipinski definition) is 6. The fourth-order valence-corrected chi connectivity index (χ4v) is 12.7. The molecule has 6 aliphatic carbocycles. The van der Waals surface area contributed by atoms with Gasteiger partial charge in [0.05, 0.1) is 14.2 Å². The number of benzene rings is 8. The molecule has 360 valence electrons. The van der Waals surface area contributed by atoms with Crippen molar-refractivity contribution in [2.45, 2.75) is 102 Å². The normalized spacial score (nSPS) is 18.8. The predicted octanol–water partition coefficient (Wildman–Crippen LogP) is 14.9. The molecule has 72 heavy (non-hydrogen) atoms. The van der Waals surface area contributed by atoms with E-state index >= 15 is 0 Å². The molecular formula is C66H60O6. The molecule has 0 saturated heterocycles. The highest BCUT2D eigenvalue weighted by atomic mass is 16.5. The Hall–Kier alpha value is -7.44. The minimum absolute atomic E-state index is 0.0228. The Morgan fingerprint density at radius 1 is 0.319 bits per heavy atom. The molecule has 7 aliphatic rings. The Bertz CT molecular complexity index is 3120. The van der Waals surface area contributed by atoms with Gasteiger partial charge in [-0.25, -0.2) is 0 Å². The molecule has 0 unspecified atom stereocenters. The largest absolute Gasteiger partial charge is 0.496 e. The van der Waals surface area contributed by atoms with Crippen molar-refractivity contribution < 1.29 is 28.4 Å². The third-order valence-corrected chi connectivity index (χ3v) is 16.2. The van der Waals surface area contributed by atoms with Gasteiger partial charge in [0.15, 0.2) is 0 Å². The molecule has 6 nitrogen and oxygen atoms in total. The van der Waals surface area contributed by atoms with Crippen LogP contribution in [0.2, 0.25) is 0 Å². The lowest BCUT2D eigenvalue weighted by Gasteiger charge is -2.42. The molecule has 0 amide bonds. The summed E-state index contributed by atoms with van der Waals surface area (Å²) in [5.74, 6) is 5.13. The molecule has 1 aliphatic heterocycles. The molecule has 15 rings (SSSR count). The molecule has 0 atom stereocenters. The molecule has 0 saturated carbocycles. The second kappa shape index (κ2) is 16.6. The van der Waals surface area contributed by atoms with Crippen LogP contribution in [0.4, 0.5) is 0 Å². The maximum atomic E-state index is 6.84. The highest BCUT2D eigenvalue weighted by Crippen LogP contribution is 2.58. The maximum Gasteiger partial charge on any atom is 0.132 e. The van der Waals surface area contributed by atoms with Gasteiger partial charge in [0.25, 0.3) is 0 Å². The van der Waals surface area contributed by atoms with E-state index in [2.05, 4.69) is 187 Å². The van der Waals surface area contributed by atoms with Gasteiger partial charge in [0.1, 0.15) is 60.9 Å². The van der Waals surface area contributed by atoms with Crippen LogP contribution in [0.25, 0.3) is 0 Å². The Labute approximate surface area is 423 Å². The van der Waals surface area contributed by atoms with Crippen LogP contribution in [0, 0.1) is 0 Å². The van der Waals surface area contributed by atoms with E-state index in [9.17, 15) is 0 Å². The molecule has 0 aromatic heterocycles. The zero-order valence-corrected chi connectivity index (χ0v) is 42.4. The predicted molar refractivity (Wildman–Crippen MR) is 283 cm³/mol. The second-order valence-corrected chi connectivity index (χ2v) is 22.5. The van der Waals surface area contributed by atoms with Gasteiger partial charge in [0, 0.05) is 45.9 Å². The topological polar surface area (TPSA) is 55.4 Å². The highest BCUT2D eigenvalue weighted by molar-refractivity contribution is 5.71. The number of fused-ring (bicyclic) bond motifs is 8. The second-order valence-electron chi connectivity index (χ2n) is 22.5. The molecule has 6 heteroatoms. The van der Waals surface area contributed by atoms with Crippen molar-refractivity contribution in [1.29, 1.82) is 0 Å². The van der Waals surface area contributed by atoms with E-state index in [1.165, 1.54) is 77.9 Å². The average molecular weight is 949 g/mol. The van der Waals surface area contributed by atoms with Crippen molar-refractivity contribution in [1.82, 2.24) is 0 Å². The van der Waals surface area contributed by atoms with Crippen molar-refractivity contribution in [3.05, 3.63) is 246 Å². The number of ether oxygens (including phenoxy) is 6. The summed E-state index contributed by atoms with van der Waals surface area (Å²) in [5.41, 5.74) is 21.8. The van der Waals surface area contributed by atoms with Gasteiger partial charge in [-0.3, -0.25) is 0 Å². The first kappa shape index (κ1) is 44.5. The summed E-state index contributed by atoms with van der Waals surface area (Å²) >= 11 is 0. The summed E-state index contributed by atoms with van der Waals surface area (Å²) in [5, 5.41) is 0. The summed E-state index contributed by atoms with van der Waals surface area (Å²) in [4.78, 5) is 0. The third kappa shape index (κ3) is 7.11. The Morgan fingerprint density at radius 2 is 0.556 bits per heavy atom. The summed E-state index contributed by atoms with van der Waals surface area (Å²) < 4.78 is 39.9. The molecule has 1 heterocycles. The van der Waals surface area contributed by atoms with E-state index < -0.39 is 0 Å². The molecule has 8 aromatic rings. The minimum Gasteiger partial charge on any atom is -0.496 e. The zero-order valence-electron chi connectivity index (χ0n) is 42.4. The molecule has 0 fully saturated rings. The monoisotopic (exact) mass is 948 g/mol. The van der Waals surface area contributed by atoms with Gasteiger partial charge in [0.2, 0.25) is 0 Å². The van der Waals surface area contributed by atoms with E-state index in [1.807, 2.05) is 0 Å². The quantitative estimate of drug-likeness (QED) is 0.172. The Morgan fingerprint density at radius 3 is 0.792 bits per heavy atom. The smallest absolute Gasteiger partial charge is 0.132 e. The summed E-state index contributed by atoms with van der Waals surface area (Å²) in [7, 11) is 3.51. The summed E-state index contributed by atoms with van der Waals surface area (Å²) in [6, 6.07) is 53.6. The standard InChI is InChI=1S/C66H60O6/c1-65(2,3)41-25-37-33-69-43-17-21-51-55(29-43)61-49-15-11-9-13-47(49)59(51)53-23-19-45(31-57(53)61)71-35-39-27-42(66(4,5)6)28-40(64(39)68-8)36-72-46-20-24-54-58(32-46)62-50-16-12-10-14-48(50)60(54)52-22-18-44(30-56(52)62)70-34-38(26-41)63(37)67-7/h9-32,59-62H,33-36H2,1-8H3. The molecular weight excluding hydrogens is 889 g/mol. The van der Waals surface area contributed by atoms with E-state index in [1.54, 1.807) is 14.2 Å². The molecule has 0 radical (unpaired) electrons. The average Bonchev–Trinajstić information content (AvgIpc) is 3.38. The van der Waals surface area contributed by atoms with Gasteiger partial charge in [-0.15, -0.1) is 0 Å². The SMILES string of the molecule is COc1c2cc(C(C)(C)C)cc1COc1ccc3c(c1)C1c4ccccc4C3c3ccc(cc31)OCc1cc(C(C)(C)C)cc(c1OC)COc1ccc3c(c1)C1c4ccccc4C3c3ccc(cc31)OC2. The maximum absolute atomic E-state index is 6.84. The van der Waals surface area contributed by atoms with Gasteiger partial charge in [-0.2, -0.15) is 0 Å². The first-order chi connectivity index (χ1) is 34.8. The van der Waals surface area contributed by atoms with E-state index in [0.717, 1.165) is 56.8 Å². The minimum atomic E-state index is -0.123. The number of hydrogen-bond donors (Lipinski definition) is 0. The molecule has 0 spiro atoms. The fourth-order valence-electron chi connectivity index (χ4n) is 12.7. The van der Waals surface area contributed by atoms with Gasteiger partial charge in [-0.1, -0.05) is 114 Å². The molecule has 8 aromatic carbocycles. The van der Waals surface area contributed by atoms with Crippen LogP contribution in [-0.2, 0) is 37.3 Å². The van der Waals surface area contributed by atoms with Crippen molar-refractivity contribution in [2.75, 3.05) is 14.2 Å². The van der Waals surface area contributed by atoms with Crippen LogP contribution in [0.3, 0.4) is 0 Å².